The molecule has 0 amide bonds. The van der Waals surface area contributed by atoms with Crippen molar-refractivity contribution in [1.29, 1.82) is 5.26 Å². The molecule has 3 aromatic heterocycles. The number of allylic oxidation sites excluding steroid dienone is 3. The fourth-order valence-electron chi connectivity index (χ4n) is 6.95. The van der Waals surface area contributed by atoms with Gasteiger partial charge in [0.15, 0.2) is 0 Å². The number of aliphatic imine (C=N–C) groups is 1. The third kappa shape index (κ3) is 16.4. The van der Waals surface area contributed by atoms with Crippen LogP contribution in [0.4, 0.5) is 15.8 Å². The topological polar surface area (TPSA) is 224 Å². The Morgan fingerprint density at radius 1 is 0.879 bits per heavy atom. The van der Waals surface area contributed by atoms with Crippen LogP contribution in [0, 0.1) is 22.6 Å². The van der Waals surface area contributed by atoms with Gasteiger partial charge in [0.2, 0.25) is 5.88 Å². The van der Waals surface area contributed by atoms with Gasteiger partial charge in [-0.25, -0.2) is 18.9 Å². The van der Waals surface area contributed by atoms with E-state index in [1.165, 1.54) is 24.3 Å². The summed E-state index contributed by atoms with van der Waals surface area (Å²) in [7, 11) is 0. The van der Waals surface area contributed by atoms with Crippen molar-refractivity contribution in [1.82, 2.24) is 19.5 Å². The van der Waals surface area contributed by atoms with E-state index < -0.39 is 5.82 Å². The van der Waals surface area contributed by atoms with E-state index in [1.807, 2.05) is 24.4 Å². The maximum Gasteiger partial charge on any atom is 0.213 e. The number of pyridine rings is 1. The van der Waals surface area contributed by atoms with Crippen molar-refractivity contribution in [3.05, 3.63) is 95.1 Å². The molecule has 19 heteroatoms. The van der Waals surface area contributed by atoms with Gasteiger partial charge in [-0.2, -0.15) is 10.4 Å². The zero-order chi connectivity index (χ0) is 47.2. The van der Waals surface area contributed by atoms with Gasteiger partial charge >= 0.3 is 0 Å². The lowest BCUT2D eigenvalue weighted by molar-refractivity contribution is -0.0179. The van der Waals surface area contributed by atoms with E-state index in [0.29, 0.717) is 122 Å². The molecule has 5 rings (SSSR count). The summed E-state index contributed by atoms with van der Waals surface area (Å²) in [6.45, 7) is 14.2. The number of nitriles is 1. The molecule has 1 aromatic carbocycles. The second kappa shape index (κ2) is 27.2. The average molecular weight is 936 g/mol. The van der Waals surface area contributed by atoms with E-state index in [-0.39, 0.29) is 33.7 Å². The van der Waals surface area contributed by atoms with Crippen LogP contribution < -0.4 is 27.3 Å². The highest BCUT2D eigenvalue weighted by atomic mass is 35.5. The lowest BCUT2D eigenvalue weighted by Crippen LogP contribution is -2.52. The fourth-order valence-corrected chi connectivity index (χ4v) is 7.11. The fraction of sp³-hybridized carbons (Fsp3) is 0.489. The molecule has 0 spiro atoms. The Kier molecular flexibility index (Phi) is 21.2. The Morgan fingerprint density at radius 2 is 1.52 bits per heavy atom. The quantitative estimate of drug-likeness (QED) is 0.0157. The molecule has 66 heavy (non-hydrogen) atoms. The molecule has 1 unspecified atom stereocenters. The summed E-state index contributed by atoms with van der Waals surface area (Å²) in [4.78, 5) is 11.1. The molecule has 1 aliphatic rings. The highest BCUT2D eigenvalue weighted by Gasteiger charge is 2.37. The van der Waals surface area contributed by atoms with Crippen LogP contribution in [-0.2, 0) is 28.4 Å². The average Bonchev–Trinajstić information content (AvgIpc) is 3.75. The SMILES string of the molecule is CCCCOCCOCCOCCOCCOCCOCCOc1ccc(-c2cc3c(NC4CCN(/C(N)=C/C=C(\N)C#N)CC4(C)C)c(C(N)=Nc4cc(F)ccc4Cl)cnn3c2)cn1. The molecule has 0 bridgehead atoms. The number of aromatic nitrogens is 3. The summed E-state index contributed by atoms with van der Waals surface area (Å²) in [5, 5.41) is 17.8. The maximum atomic E-state index is 14.2. The number of nitrogens with zero attached hydrogens (tertiary/aromatic N) is 6. The molecule has 0 saturated carbocycles. The minimum Gasteiger partial charge on any atom is -0.475 e. The number of hydrogen-bond donors (Lipinski definition) is 4. The minimum absolute atomic E-state index is 0.0525. The molecule has 0 radical (unpaired) electrons. The Hall–Kier alpha value is -5.52. The second-order valence-electron chi connectivity index (χ2n) is 16.1. The number of halogens is 2. The molecule has 7 N–H and O–H groups in total. The summed E-state index contributed by atoms with van der Waals surface area (Å²) < 4.78 is 55.0. The number of piperidine rings is 1. The normalized spacial score (nSPS) is 15.6. The number of rotatable bonds is 29. The van der Waals surface area contributed by atoms with Crippen molar-refractivity contribution in [3.63, 3.8) is 0 Å². The van der Waals surface area contributed by atoms with Crippen molar-refractivity contribution in [2.24, 2.45) is 27.6 Å². The second-order valence-corrected chi connectivity index (χ2v) is 16.5. The van der Waals surface area contributed by atoms with Crippen LogP contribution >= 0.6 is 11.6 Å². The number of nitrogens with one attached hydrogen (secondary N) is 1. The van der Waals surface area contributed by atoms with Gasteiger partial charge < -0.3 is 60.6 Å². The van der Waals surface area contributed by atoms with Crippen LogP contribution in [0.25, 0.3) is 16.6 Å². The molecule has 1 fully saturated rings. The van der Waals surface area contributed by atoms with Crippen molar-refractivity contribution in [2.45, 2.75) is 46.1 Å². The number of anilines is 1. The molecule has 1 aliphatic heterocycles. The Labute approximate surface area is 391 Å². The lowest BCUT2D eigenvalue weighted by Gasteiger charge is -2.46. The van der Waals surface area contributed by atoms with Crippen LogP contribution in [0.1, 0.15) is 45.6 Å². The summed E-state index contributed by atoms with van der Waals surface area (Å²) in [5.74, 6) is 0.584. The van der Waals surface area contributed by atoms with E-state index in [2.05, 4.69) is 46.1 Å². The van der Waals surface area contributed by atoms with Crippen molar-refractivity contribution in [2.75, 3.05) is 104 Å². The van der Waals surface area contributed by atoms with Crippen LogP contribution in [0.15, 0.2) is 83.7 Å². The number of nitrogens with two attached hydrogens (primary N) is 3. The third-order valence-electron chi connectivity index (χ3n) is 10.6. The molecular formula is C47H64ClFN10O7. The third-order valence-corrected chi connectivity index (χ3v) is 10.9. The first-order valence-corrected chi connectivity index (χ1v) is 22.6. The molecule has 17 nitrogen and oxygen atoms in total. The summed E-state index contributed by atoms with van der Waals surface area (Å²) in [6, 6.07) is 11.5. The van der Waals surface area contributed by atoms with Gasteiger partial charge in [0.1, 0.15) is 30.0 Å². The standard InChI is InChI=1S/C47H64ClFN10O7/c1-4-5-14-60-15-16-61-17-18-62-19-20-63-21-22-64-23-24-65-25-26-66-44-11-6-34(30-54-44)35-27-41-45(57-42-12-13-58(33-47(42,2)3)43(52)10-8-37(51)29-50)38(31-55-59(41)32-35)46(53)56-40-28-36(49)7-9-39(40)48/h6-11,27-28,30-32,42,57H,4-5,12-26,33,51-52H2,1-3H3,(H2,53,56)/b37-8-,43-10+. The summed E-state index contributed by atoms with van der Waals surface area (Å²) >= 11 is 6.38. The lowest BCUT2D eigenvalue weighted by atomic mass is 9.78. The van der Waals surface area contributed by atoms with Crippen molar-refractivity contribution >= 4 is 34.3 Å². The Morgan fingerprint density at radius 3 is 2.11 bits per heavy atom. The van der Waals surface area contributed by atoms with E-state index in [4.69, 9.17) is 67.2 Å². The van der Waals surface area contributed by atoms with Crippen molar-refractivity contribution in [3.8, 4) is 23.1 Å². The number of ether oxygens (including phenoxy) is 7. The molecule has 1 saturated heterocycles. The predicted octanol–water partition coefficient (Wildman–Crippen LogP) is 6.18. The number of unbranched alkanes of at least 4 members (excludes halogenated alkanes) is 1. The number of likely N-dealkylation sites (tertiary alicyclic amines) is 1. The van der Waals surface area contributed by atoms with E-state index >= 15 is 0 Å². The van der Waals surface area contributed by atoms with Gasteiger partial charge in [0.25, 0.3) is 0 Å². The van der Waals surface area contributed by atoms with Crippen LogP contribution in [-0.4, -0.2) is 130 Å². The van der Waals surface area contributed by atoms with Crippen LogP contribution in [0.3, 0.4) is 0 Å². The molecule has 4 aromatic rings. The molecule has 1 atom stereocenters. The number of amidine groups is 1. The first-order valence-electron chi connectivity index (χ1n) is 22.2. The molecule has 358 valence electrons. The highest BCUT2D eigenvalue weighted by molar-refractivity contribution is 6.33. The van der Waals surface area contributed by atoms with Gasteiger partial charge in [0, 0.05) is 66.8 Å². The first kappa shape index (κ1) is 51.5. The highest BCUT2D eigenvalue weighted by Crippen LogP contribution is 2.37. The van der Waals surface area contributed by atoms with Gasteiger partial charge in [-0.15, -0.1) is 0 Å². The maximum absolute atomic E-state index is 14.2. The predicted molar refractivity (Wildman–Crippen MR) is 253 cm³/mol. The van der Waals surface area contributed by atoms with Gasteiger partial charge in [-0.05, 0) is 49.3 Å². The zero-order valence-electron chi connectivity index (χ0n) is 38.2. The van der Waals surface area contributed by atoms with Gasteiger partial charge in [-0.3, -0.25) is 0 Å². The summed E-state index contributed by atoms with van der Waals surface area (Å²) in [5.41, 5.74) is 22.3. The van der Waals surface area contributed by atoms with Crippen LogP contribution in [0.2, 0.25) is 5.02 Å². The summed E-state index contributed by atoms with van der Waals surface area (Å²) in [6.07, 6.45) is 11.3. The van der Waals surface area contributed by atoms with E-state index in [9.17, 15) is 4.39 Å². The largest absolute Gasteiger partial charge is 0.475 e. The first-order chi connectivity index (χ1) is 32.0. The Balaban J connectivity index is 1.11. The monoisotopic (exact) mass is 934 g/mol. The van der Waals surface area contributed by atoms with Crippen LogP contribution in [0.5, 0.6) is 5.88 Å². The van der Waals surface area contributed by atoms with Crippen molar-refractivity contribution < 1.29 is 37.5 Å². The molecule has 4 heterocycles. The number of hydrogen-bond acceptors (Lipinski definition) is 15. The van der Waals surface area contributed by atoms with E-state index in [0.717, 1.165) is 36.1 Å². The smallest absolute Gasteiger partial charge is 0.213 e. The zero-order valence-corrected chi connectivity index (χ0v) is 38.9. The molecule has 0 aliphatic carbocycles. The van der Waals surface area contributed by atoms with E-state index in [1.54, 1.807) is 29.1 Å². The number of fused-ring (bicyclic) bond motifs is 1. The van der Waals surface area contributed by atoms with Gasteiger partial charge in [0.05, 0.1) is 112 Å². The van der Waals surface area contributed by atoms with Gasteiger partial charge in [-0.1, -0.05) is 38.8 Å². The minimum atomic E-state index is -0.491. The molecular weight excluding hydrogens is 871 g/mol. The number of benzene rings is 1. The Bertz CT molecular complexity index is 2250.